The first-order valence-corrected chi connectivity index (χ1v) is 3.77. The first kappa shape index (κ1) is 6.73. The third-order valence-electron chi connectivity index (χ3n) is 1.50. The molecule has 0 amide bonds. The van der Waals surface area contributed by atoms with Gasteiger partial charge in [-0.3, -0.25) is 0 Å². The van der Waals surface area contributed by atoms with Crippen LogP contribution in [0.4, 0.5) is 0 Å². The van der Waals surface area contributed by atoms with Crippen LogP contribution in [-0.4, -0.2) is 4.98 Å². The maximum atomic E-state index is 5.29. The molecule has 3 heteroatoms. The van der Waals surface area contributed by atoms with Crippen molar-refractivity contribution in [1.29, 1.82) is 0 Å². The number of rotatable bonds is 0. The number of hydrogen-bond donors (Lipinski definition) is 1. The largest absolute Gasteiger partial charge is 0.441 e. The molecule has 0 aliphatic rings. The minimum Gasteiger partial charge on any atom is -0.441 e. The van der Waals surface area contributed by atoms with Crippen molar-refractivity contribution in [2.24, 2.45) is 0 Å². The van der Waals surface area contributed by atoms with Crippen LogP contribution in [0.15, 0.2) is 27.5 Å². The van der Waals surface area contributed by atoms with E-state index in [1.807, 2.05) is 25.1 Å². The van der Waals surface area contributed by atoms with Crippen LogP contribution in [0.25, 0.3) is 11.1 Å². The Hall–Kier alpha value is -0.960. The first-order chi connectivity index (χ1) is 5.27. The minimum atomic E-state index is 0.682. The van der Waals surface area contributed by atoms with Crippen molar-refractivity contribution in [2.75, 3.05) is 0 Å². The molecule has 0 unspecified atom stereocenters. The van der Waals surface area contributed by atoms with Gasteiger partial charge in [-0.1, -0.05) is 6.07 Å². The number of hydrogen-bond acceptors (Lipinski definition) is 3. The summed E-state index contributed by atoms with van der Waals surface area (Å²) in [5.74, 6) is 0.682. The molecule has 0 atom stereocenters. The van der Waals surface area contributed by atoms with E-state index in [9.17, 15) is 0 Å². The van der Waals surface area contributed by atoms with Gasteiger partial charge in [0.2, 0.25) is 0 Å². The summed E-state index contributed by atoms with van der Waals surface area (Å²) in [5.41, 5.74) is 1.64. The zero-order valence-corrected chi connectivity index (χ0v) is 6.93. The molecule has 11 heavy (non-hydrogen) atoms. The Balaban J connectivity index is 2.90. The quantitative estimate of drug-likeness (QED) is 0.607. The van der Waals surface area contributed by atoms with Gasteiger partial charge in [-0.05, 0) is 12.1 Å². The molecule has 1 aromatic heterocycles. The molecule has 0 radical (unpaired) electrons. The smallest absolute Gasteiger partial charge is 0.192 e. The molecule has 2 rings (SSSR count). The molecular formula is C8H7NOS. The predicted octanol–water partition coefficient (Wildman–Crippen LogP) is 2.42. The van der Waals surface area contributed by atoms with Gasteiger partial charge in [0.15, 0.2) is 11.5 Å². The molecule has 0 saturated carbocycles. The Morgan fingerprint density at radius 2 is 2.27 bits per heavy atom. The van der Waals surface area contributed by atoms with Gasteiger partial charge in [-0.2, -0.15) is 0 Å². The molecule has 0 bridgehead atoms. The Labute approximate surface area is 69.6 Å². The lowest BCUT2D eigenvalue weighted by molar-refractivity contribution is 0.561. The van der Waals surface area contributed by atoms with E-state index in [2.05, 4.69) is 17.6 Å². The number of benzene rings is 1. The fourth-order valence-corrected chi connectivity index (χ4v) is 1.29. The number of oxazole rings is 1. The molecule has 0 aliphatic carbocycles. The summed E-state index contributed by atoms with van der Waals surface area (Å²) in [5, 5.41) is 0. The van der Waals surface area contributed by atoms with E-state index in [-0.39, 0.29) is 0 Å². The zero-order valence-electron chi connectivity index (χ0n) is 6.03. The van der Waals surface area contributed by atoms with Crippen LogP contribution < -0.4 is 0 Å². The summed E-state index contributed by atoms with van der Waals surface area (Å²) in [6.07, 6.45) is 0. The molecule has 56 valence electrons. The lowest BCUT2D eigenvalue weighted by Crippen LogP contribution is -1.70. The second kappa shape index (κ2) is 2.27. The third-order valence-corrected chi connectivity index (χ3v) is 1.87. The molecule has 1 heterocycles. The van der Waals surface area contributed by atoms with Crippen LogP contribution in [0.1, 0.15) is 5.89 Å². The lowest BCUT2D eigenvalue weighted by atomic mass is 10.3. The van der Waals surface area contributed by atoms with Crippen LogP contribution in [0.3, 0.4) is 0 Å². The molecule has 0 aliphatic heterocycles. The van der Waals surface area contributed by atoms with E-state index in [1.54, 1.807) is 0 Å². The SMILES string of the molecule is Cc1nc2c(S)cccc2o1. The standard InChI is InChI=1S/C8H7NOS/c1-5-9-8-6(10-5)3-2-4-7(8)11/h2-4,11H,1H3. The van der Waals surface area contributed by atoms with Crippen molar-refractivity contribution < 1.29 is 4.42 Å². The molecule has 0 fully saturated rings. The van der Waals surface area contributed by atoms with Crippen LogP contribution in [-0.2, 0) is 0 Å². The Bertz CT molecular complexity index is 394. The summed E-state index contributed by atoms with van der Waals surface area (Å²) >= 11 is 4.24. The first-order valence-electron chi connectivity index (χ1n) is 3.32. The lowest BCUT2D eigenvalue weighted by Gasteiger charge is -1.87. The van der Waals surface area contributed by atoms with E-state index < -0.39 is 0 Å². The summed E-state index contributed by atoms with van der Waals surface area (Å²) in [7, 11) is 0. The highest BCUT2D eigenvalue weighted by molar-refractivity contribution is 7.80. The van der Waals surface area contributed by atoms with Crippen molar-refractivity contribution in [2.45, 2.75) is 11.8 Å². The molecule has 0 N–H and O–H groups in total. The van der Waals surface area contributed by atoms with Crippen LogP contribution in [0.5, 0.6) is 0 Å². The average molecular weight is 165 g/mol. The van der Waals surface area contributed by atoms with Crippen LogP contribution in [0.2, 0.25) is 0 Å². The van der Waals surface area contributed by atoms with Gasteiger partial charge < -0.3 is 4.42 Å². The minimum absolute atomic E-state index is 0.682. The highest BCUT2D eigenvalue weighted by atomic mass is 32.1. The van der Waals surface area contributed by atoms with E-state index in [4.69, 9.17) is 4.42 Å². The van der Waals surface area contributed by atoms with Gasteiger partial charge in [0.1, 0.15) is 5.52 Å². The maximum Gasteiger partial charge on any atom is 0.192 e. The van der Waals surface area contributed by atoms with Gasteiger partial charge in [-0.25, -0.2) is 4.98 Å². The van der Waals surface area contributed by atoms with E-state index in [0.29, 0.717) is 5.89 Å². The molecule has 0 spiro atoms. The van der Waals surface area contributed by atoms with Crippen molar-refractivity contribution in [3.8, 4) is 0 Å². The fraction of sp³-hybridized carbons (Fsp3) is 0.125. The van der Waals surface area contributed by atoms with Gasteiger partial charge in [0, 0.05) is 11.8 Å². The van der Waals surface area contributed by atoms with E-state index >= 15 is 0 Å². The van der Waals surface area contributed by atoms with Gasteiger partial charge in [-0.15, -0.1) is 12.6 Å². The van der Waals surface area contributed by atoms with Crippen molar-refractivity contribution in [3.63, 3.8) is 0 Å². The summed E-state index contributed by atoms with van der Waals surface area (Å²) in [4.78, 5) is 5.03. The van der Waals surface area contributed by atoms with Crippen LogP contribution >= 0.6 is 12.6 Å². The number of aryl methyl sites for hydroxylation is 1. The number of fused-ring (bicyclic) bond motifs is 1. The number of nitrogens with zero attached hydrogens (tertiary/aromatic N) is 1. The van der Waals surface area contributed by atoms with Crippen molar-refractivity contribution in [1.82, 2.24) is 4.98 Å². The van der Waals surface area contributed by atoms with Crippen molar-refractivity contribution >= 4 is 23.7 Å². The number of thiol groups is 1. The zero-order chi connectivity index (χ0) is 7.84. The van der Waals surface area contributed by atoms with Crippen molar-refractivity contribution in [3.05, 3.63) is 24.1 Å². The summed E-state index contributed by atoms with van der Waals surface area (Å²) in [6, 6.07) is 5.68. The second-order valence-corrected chi connectivity index (χ2v) is 2.84. The Kier molecular flexibility index (Phi) is 1.39. The molecule has 0 saturated heterocycles. The van der Waals surface area contributed by atoms with E-state index in [0.717, 1.165) is 16.0 Å². The molecule has 2 nitrogen and oxygen atoms in total. The van der Waals surface area contributed by atoms with Gasteiger partial charge in [0.25, 0.3) is 0 Å². The monoisotopic (exact) mass is 165 g/mol. The normalized spacial score (nSPS) is 10.7. The molecule has 2 aromatic rings. The Morgan fingerprint density at radius 3 is 3.00 bits per heavy atom. The van der Waals surface area contributed by atoms with Gasteiger partial charge >= 0.3 is 0 Å². The highest BCUT2D eigenvalue weighted by Crippen LogP contribution is 2.21. The van der Waals surface area contributed by atoms with E-state index in [1.165, 1.54) is 0 Å². The number of para-hydroxylation sites is 1. The van der Waals surface area contributed by atoms with Gasteiger partial charge in [0.05, 0.1) is 0 Å². The Morgan fingerprint density at radius 1 is 1.45 bits per heavy atom. The predicted molar refractivity (Wildman–Crippen MR) is 46.0 cm³/mol. The average Bonchev–Trinajstić information content (AvgIpc) is 2.31. The second-order valence-electron chi connectivity index (χ2n) is 2.36. The summed E-state index contributed by atoms with van der Waals surface area (Å²) < 4.78 is 5.29. The molecule has 1 aromatic carbocycles. The fourth-order valence-electron chi connectivity index (χ4n) is 1.04. The summed E-state index contributed by atoms with van der Waals surface area (Å²) in [6.45, 7) is 1.83. The highest BCUT2D eigenvalue weighted by Gasteiger charge is 2.02. The maximum absolute atomic E-state index is 5.29. The number of aromatic nitrogens is 1. The topological polar surface area (TPSA) is 26.0 Å². The third kappa shape index (κ3) is 1.01. The molecular weight excluding hydrogens is 158 g/mol. The van der Waals surface area contributed by atoms with Crippen LogP contribution in [0, 0.1) is 6.92 Å².